The Hall–Kier alpha value is -2.28. The highest BCUT2D eigenvalue weighted by Crippen LogP contribution is 2.19. The molecule has 4 nitrogen and oxygen atoms in total. The van der Waals surface area contributed by atoms with Crippen LogP contribution >= 0.6 is 0 Å². The summed E-state index contributed by atoms with van der Waals surface area (Å²) in [4.78, 5) is 14.3. The van der Waals surface area contributed by atoms with Gasteiger partial charge in [-0.25, -0.2) is 0 Å². The summed E-state index contributed by atoms with van der Waals surface area (Å²) in [5, 5.41) is 12.1. The van der Waals surface area contributed by atoms with Crippen molar-refractivity contribution in [3.05, 3.63) is 41.1 Å². The van der Waals surface area contributed by atoms with Crippen molar-refractivity contribution in [2.24, 2.45) is 0 Å². The molecule has 0 aliphatic carbocycles. The SMILES string of the molecule is CCN(/C=C(/C#N)C(=O)Nc1cccc(C)c1C)C(C)(C)C. The van der Waals surface area contributed by atoms with Crippen LogP contribution in [0.15, 0.2) is 30.0 Å². The molecule has 0 aliphatic rings. The van der Waals surface area contributed by atoms with Gasteiger partial charge in [0.1, 0.15) is 11.6 Å². The van der Waals surface area contributed by atoms with E-state index in [1.165, 1.54) is 0 Å². The number of hydrogen-bond donors (Lipinski definition) is 1. The molecular formula is C18H25N3O. The first-order valence-corrected chi connectivity index (χ1v) is 7.47. The normalized spacial score (nSPS) is 11.8. The quantitative estimate of drug-likeness (QED) is 0.680. The Labute approximate surface area is 133 Å². The second kappa shape index (κ2) is 7.13. The summed E-state index contributed by atoms with van der Waals surface area (Å²) in [6.45, 7) is 12.8. The summed E-state index contributed by atoms with van der Waals surface area (Å²) >= 11 is 0. The fourth-order valence-corrected chi connectivity index (χ4v) is 2.13. The maximum atomic E-state index is 12.4. The molecule has 0 saturated heterocycles. The van der Waals surface area contributed by atoms with Crippen LogP contribution in [0, 0.1) is 25.2 Å². The summed E-state index contributed by atoms with van der Waals surface area (Å²) in [6.07, 6.45) is 1.64. The van der Waals surface area contributed by atoms with Gasteiger partial charge >= 0.3 is 0 Å². The van der Waals surface area contributed by atoms with E-state index in [0.717, 1.165) is 23.4 Å². The monoisotopic (exact) mass is 299 g/mol. The summed E-state index contributed by atoms with van der Waals surface area (Å²) in [5.41, 5.74) is 2.82. The Morgan fingerprint density at radius 2 is 2.00 bits per heavy atom. The molecule has 1 aromatic rings. The lowest BCUT2D eigenvalue weighted by Gasteiger charge is -2.33. The molecular weight excluding hydrogens is 274 g/mol. The Bertz CT molecular complexity index is 618. The van der Waals surface area contributed by atoms with Crippen molar-refractivity contribution in [1.82, 2.24) is 4.90 Å². The Balaban J connectivity index is 3.03. The van der Waals surface area contributed by atoms with Crippen LogP contribution in [0.3, 0.4) is 0 Å². The Morgan fingerprint density at radius 3 is 2.50 bits per heavy atom. The number of benzene rings is 1. The lowest BCUT2D eigenvalue weighted by Crippen LogP contribution is -2.37. The molecule has 0 aliphatic heterocycles. The maximum absolute atomic E-state index is 12.4. The number of rotatable bonds is 4. The van der Waals surface area contributed by atoms with Crippen molar-refractivity contribution in [2.75, 3.05) is 11.9 Å². The van der Waals surface area contributed by atoms with Crippen molar-refractivity contribution in [2.45, 2.75) is 47.1 Å². The van der Waals surface area contributed by atoms with Crippen LogP contribution in [0.1, 0.15) is 38.8 Å². The van der Waals surface area contributed by atoms with Gasteiger partial charge in [-0.3, -0.25) is 4.79 Å². The smallest absolute Gasteiger partial charge is 0.267 e. The first-order valence-electron chi connectivity index (χ1n) is 7.47. The lowest BCUT2D eigenvalue weighted by atomic mass is 10.1. The molecule has 0 spiro atoms. The molecule has 0 bridgehead atoms. The lowest BCUT2D eigenvalue weighted by molar-refractivity contribution is -0.112. The van der Waals surface area contributed by atoms with Crippen LogP contribution in [-0.4, -0.2) is 22.9 Å². The van der Waals surface area contributed by atoms with Crippen molar-refractivity contribution in [3.63, 3.8) is 0 Å². The van der Waals surface area contributed by atoms with Crippen molar-refractivity contribution in [1.29, 1.82) is 5.26 Å². The van der Waals surface area contributed by atoms with E-state index in [1.54, 1.807) is 6.20 Å². The van der Waals surface area contributed by atoms with Crippen LogP contribution in [-0.2, 0) is 4.79 Å². The maximum Gasteiger partial charge on any atom is 0.267 e. The van der Waals surface area contributed by atoms with E-state index in [9.17, 15) is 10.1 Å². The van der Waals surface area contributed by atoms with Gasteiger partial charge in [-0.05, 0) is 58.7 Å². The van der Waals surface area contributed by atoms with Crippen LogP contribution in [0.5, 0.6) is 0 Å². The third-order valence-electron chi connectivity index (χ3n) is 3.71. The zero-order valence-electron chi connectivity index (χ0n) is 14.3. The summed E-state index contributed by atoms with van der Waals surface area (Å²) in [5.74, 6) is -0.376. The van der Waals surface area contributed by atoms with Crippen molar-refractivity contribution < 1.29 is 4.79 Å². The molecule has 4 heteroatoms. The van der Waals surface area contributed by atoms with Crippen LogP contribution in [0.4, 0.5) is 5.69 Å². The van der Waals surface area contributed by atoms with Gasteiger partial charge in [0.2, 0.25) is 0 Å². The van der Waals surface area contributed by atoms with E-state index in [1.807, 2.05) is 70.7 Å². The van der Waals surface area contributed by atoms with E-state index in [0.29, 0.717) is 0 Å². The molecule has 0 saturated carbocycles. The van der Waals surface area contributed by atoms with Gasteiger partial charge in [0, 0.05) is 24.0 Å². The first-order chi connectivity index (χ1) is 10.2. The third kappa shape index (κ3) is 4.36. The summed E-state index contributed by atoms with van der Waals surface area (Å²) in [7, 11) is 0. The zero-order chi connectivity index (χ0) is 16.9. The molecule has 118 valence electrons. The topological polar surface area (TPSA) is 56.1 Å². The molecule has 0 heterocycles. The third-order valence-corrected chi connectivity index (χ3v) is 3.71. The van der Waals surface area contributed by atoms with Crippen molar-refractivity contribution in [3.8, 4) is 6.07 Å². The van der Waals surface area contributed by atoms with E-state index in [2.05, 4.69) is 5.32 Å². The van der Waals surface area contributed by atoms with Gasteiger partial charge in [0.25, 0.3) is 5.91 Å². The average Bonchev–Trinajstić information content (AvgIpc) is 2.43. The van der Waals surface area contributed by atoms with E-state index in [-0.39, 0.29) is 17.0 Å². The summed E-state index contributed by atoms with van der Waals surface area (Å²) < 4.78 is 0. The van der Waals surface area contributed by atoms with Crippen LogP contribution in [0.25, 0.3) is 0 Å². The van der Waals surface area contributed by atoms with Crippen LogP contribution in [0.2, 0.25) is 0 Å². The highest BCUT2D eigenvalue weighted by Gasteiger charge is 2.19. The highest BCUT2D eigenvalue weighted by molar-refractivity contribution is 6.06. The van der Waals surface area contributed by atoms with Gasteiger partial charge < -0.3 is 10.2 Å². The number of nitrogens with one attached hydrogen (secondary N) is 1. The predicted octanol–water partition coefficient (Wildman–Crippen LogP) is 3.77. The minimum Gasteiger partial charge on any atom is -0.372 e. The predicted molar refractivity (Wildman–Crippen MR) is 90.4 cm³/mol. The molecule has 0 fully saturated rings. The highest BCUT2D eigenvalue weighted by atomic mass is 16.1. The molecule has 1 aromatic carbocycles. The number of amides is 1. The van der Waals surface area contributed by atoms with Gasteiger partial charge in [-0.2, -0.15) is 5.26 Å². The van der Waals surface area contributed by atoms with Gasteiger partial charge in [0.05, 0.1) is 0 Å². The minimum atomic E-state index is -0.376. The van der Waals surface area contributed by atoms with Crippen LogP contribution < -0.4 is 5.32 Å². The van der Waals surface area contributed by atoms with E-state index < -0.39 is 0 Å². The number of nitrogens with zero attached hydrogens (tertiary/aromatic N) is 2. The molecule has 1 N–H and O–H groups in total. The second-order valence-corrected chi connectivity index (χ2v) is 6.31. The zero-order valence-corrected chi connectivity index (χ0v) is 14.3. The molecule has 0 radical (unpaired) electrons. The van der Waals surface area contributed by atoms with E-state index >= 15 is 0 Å². The largest absolute Gasteiger partial charge is 0.372 e. The molecule has 0 atom stereocenters. The second-order valence-electron chi connectivity index (χ2n) is 6.31. The molecule has 0 aromatic heterocycles. The van der Waals surface area contributed by atoms with E-state index in [4.69, 9.17) is 0 Å². The number of carbonyl (C=O) groups is 1. The average molecular weight is 299 g/mol. The molecule has 1 amide bonds. The standard InChI is InChI=1S/C18H25N3O/c1-7-21(18(4,5)6)12-15(11-19)17(22)20-16-10-8-9-13(2)14(16)3/h8-10,12H,7H2,1-6H3,(H,20,22)/b15-12-. The fraction of sp³-hybridized carbons (Fsp3) is 0.444. The number of anilines is 1. The molecule has 1 rings (SSSR count). The number of carbonyl (C=O) groups excluding carboxylic acids is 1. The number of nitriles is 1. The molecule has 0 unspecified atom stereocenters. The van der Waals surface area contributed by atoms with Gasteiger partial charge in [-0.1, -0.05) is 12.1 Å². The van der Waals surface area contributed by atoms with Crippen molar-refractivity contribution >= 4 is 11.6 Å². The first kappa shape index (κ1) is 17.8. The van der Waals surface area contributed by atoms with Gasteiger partial charge in [-0.15, -0.1) is 0 Å². The summed E-state index contributed by atoms with van der Waals surface area (Å²) in [6, 6.07) is 7.72. The minimum absolute atomic E-state index is 0.109. The Kier molecular flexibility index (Phi) is 5.76. The number of aryl methyl sites for hydroxylation is 1. The van der Waals surface area contributed by atoms with Gasteiger partial charge in [0.15, 0.2) is 0 Å². The number of hydrogen-bond acceptors (Lipinski definition) is 3. The molecule has 22 heavy (non-hydrogen) atoms. The Morgan fingerprint density at radius 1 is 1.36 bits per heavy atom. The fourth-order valence-electron chi connectivity index (χ4n) is 2.13.